The van der Waals surface area contributed by atoms with Crippen molar-refractivity contribution in [1.82, 2.24) is 19.6 Å². The van der Waals surface area contributed by atoms with Gasteiger partial charge in [-0.3, -0.25) is 14.4 Å². The molecule has 3 heterocycles. The fourth-order valence-electron chi connectivity index (χ4n) is 3.81. The van der Waals surface area contributed by atoms with Crippen molar-refractivity contribution in [3.63, 3.8) is 0 Å². The van der Waals surface area contributed by atoms with E-state index in [1.807, 2.05) is 30.4 Å². The van der Waals surface area contributed by atoms with Crippen LogP contribution in [0, 0.1) is 13.8 Å². The third-order valence-corrected chi connectivity index (χ3v) is 5.33. The van der Waals surface area contributed by atoms with Crippen LogP contribution in [0.1, 0.15) is 28.7 Å². The van der Waals surface area contributed by atoms with E-state index in [9.17, 15) is 15.0 Å². The summed E-state index contributed by atoms with van der Waals surface area (Å²) in [7, 11) is 0. The fourth-order valence-corrected chi connectivity index (χ4v) is 3.81. The first kappa shape index (κ1) is 18.3. The summed E-state index contributed by atoms with van der Waals surface area (Å²) in [5.41, 5.74) is 2.38. The minimum atomic E-state index is -0.844. The van der Waals surface area contributed by atoms with Gasteiger partial charge >= 0.3 is 0 Å². The van der Waals surface area contributed by atoms with Crippen molar-refractivity contribution in [2.24, 2.45) is 0 Å². The number of nitrogens with zero attached hydrogens (tertiary/aromatic N) is 4. The van der Waals surface area contributed by atoms with Crippen LogP contribution >= 0.6 is 0 Å². The lowest BCUT2D eigenvalue weighted by molar-refractivity contribution is -0.136. The van der Waals surface area contributed by atoms with E-state index >= 15 is 0 Å². The van der Waals surface area contributed by atoms with Gasteiger partial charge in [-0.05, 0) is 20.8 Å². The number of rotatable bonds is 3. The van der Waals surface area contributed by atoms with E-state index in [1.54, 1.807) is 0 Å². The Bertz CT molecular complexity index is 624. The van der Waals surface area contributed by atoms with Gasteiger partial charge in [0, 0.05) is 38.4 Å². The molecule has 1 amide bonds. The monoisotopic (exact) mass is 352 g/mol. The second-order valence-corrected chi connectivity index (χ2v) is 6.85. The normalized spacial score (nSPS) is 28.4. The van der Waals surface area contributed by atoms with Gasteiger partial charge < -0.3 is 19.8 Å². The van der Waals surface area contributed by atoms with E-state index < -0.39 is 12.2 Å². The summed E-state index contributed by atoms with van der Waals surface area (Å²) in [5, 5.41) is 24.4. The van der Waals surface area contributed by atoms with Crippen molar-refractivity contribution < 1.29 is 19.7 Å². The van der Waals surface area contributed by atoms with Crippen LogP contribution in [-0.4, -0.2) is 93.3 Å². The number of hydrogen-bond acceptors (Lipinski definition) is 6. The summed E-state index contributed by atoms with van der Waals surface area (Å²) in [6, 6.07) is -0.215. The standard InChI is InChI=1S/C17H28N4O4/c1-4-21-12(3)15(11(2)18-21)17(24)20-7-5-19(6-8-20)13-9-25-10-14(22)16(13)23/h13-14,16,22-23H,4-10H2,1-3H3/t13-,14-,16+/m1/s1. The Kier molecular flexibility index (Phi) is 5.43. The van der Waals surface area contributed by atoms with Gasteiger partial charge in [0.2, 0.25) is 0 Å². The molecule has 8 heteroatoms. The van der Waals surface area contributed by atoms with Crippen LogP contribution in [-0.2, 0) is 11.3 Å². The third kappa shape index (κ3) is 3.44. The van der Waals surface area contributed by atoms with Gasteiger partial charge in [-0.25, -0.2) is 0 Å². The highest BCUT2D eigenvalue weighted by atomic mass is 16.5. The molecule has 8 nitrogen and oxygen atoms in total. The molecule has 0 radical (unpaired) electrons. The summed E-state index contributed by atoms with van der Waals surface area (Å²) in [6.07, 6.45) is -1.65. The maximum Gasteiger partial charge on any atom is 0.257 e. The van der Waals surface area contributed by atoms with E-state index in [0.29, 0.717) is 38.3 Å². The summed E-state index contributed by atoms with van der Waals surface area (Å²) in [5.74, 6) is 0.0230. The molecule has 0 spiro atoms. The Morgan fingerprint density at radius 3 is 2.48 bits per heavy atom. The second kappa shape index (κ2) is 7.41. The quantitative estimate of drug-likeness (QED) is 0.755. The molecule has 2 aliphatic rings. The minimum absolute atomic E-state index is 0.0230. The molecule has 3 atom stereocenters. The number of ether oxygens (including phenoxy) is 1. The Morgan fingerprint density at radius 1 is 1.20 bits per heavy atom. The first-order valence-corrected chi connectivity index (χ1v) is 8.95. The SMILES string of the molecule is CCn1nc(C)c(C(=O)N2CCN([C@@H]3COC[C@@H](O)[C@H]3O)CC2)c1C. The Morgan fingerprint density at radius 2 is 1.88 bits per heavy atom. The number of aliphatic hydroxyl groups is 2. The summed E-state index contributed by atoms with van der Waals surface area (Å²) in [4.78, 5) is 16.9. The van der Waals surface area contributed by atoms with Crippen molar-refractivity contribution in [1.29, 1.82) is 0 Å². The highest BCUT2D eigenvalue weighted by molar-refractivity contribution is 5.96. The van der Waals surface area contributed by atoms with Crippen LogP contribution in [0.5, 0.6) is 0 Å². The van der Waals surface area contributed by atoms with E-state index in [1.165, 1.54) is 0 Å². The number of amides is 1. The molecular weight excluding hydrogens is 324 g/mol. The molecule has 0 saturated carbocycles. The molecule has 0 unspecified atom stereocenters. The lowest BCUT2D eigenvalue weighted by Gasteiger charge is -2.43. The molecule has 0 aromatic carbocycles. The molecule has 3 rings (SSSR count). The topological polar surface area (TPSA) is 91.1 Å². The first-order chi connectivity index (χ1) is 11.9. The largest absolute Gasteiger partial charge is 0.389 e. The maximum absolute atomic E-state index is 12.9. The molecule has 2 saturated heterocycles. The van der Waals surface area contributed by atoms with Gasteiger partial charge in [-0.1, -0.05) is 0 Å². The zero-order valence-corrected chi connectivity index (χ0v) is 15.2. The van der Waals surface area contributed by atoms with Crippen molar-refractivity contribution in [3.8, 4) is 0 Å². The first-order valence-electron chi connectivity index (χ1n) is 8.95. The Labute approximate surface area is 148 Å². The van der Waals surface area contributed by atoms with Crippen molar-refractivity contribution in [2.45, 2.75) is 45.6 Å². The number of carbonyl (C=O) groups is 1. The van der Waals surface area contributed by atoms with E-state index in [0.717, 1.165) is 17.9 Å². The van der Waals surface area contributed by atoms with Crippen LogP contribution in [0.25, 0.3) is 0 Å². The third-order valence-electron chi connectivity index (χ3n) is 5.33. The molecule has 25 heavy (non-hydrogen) atoms. The van der Waals surface area contributed by atoms with Crippen molar-refractivity contribution >= 4 is 5.91 Å². The zero-order chi connectivity index (χ0) is 18.1. The molecule has 2 fully saturated rings. The van der Waals surface area contributed by atoms with Crippen molar-refractivity contribution in [3.05, 3.63) is 17.0 Å². The number of piperazine rings is 1. The fraction of sp³-hybridized carbons (Fsp3) is 0.765. The molecule has 2 aliphatic heterocycles. The number of aryl methyl sites for hydroxylation is 2. The lowest BCUT2D eigenvalue weighted by Crippen LogP contribution is -2.60. The van der Waals surface area contributed by atoms with E-state index in [4.69, 9.17) is 4.74 Å². The van der Waals surface area contributed by atoms with Gasteiger partial charge in [-0.15, -0.1) is 0 Å². The summed E-state index contributed by atoms with van der Waals surface area (Å²) < 4.78 is 7.22. The van der Waals surface area contributed by atoms with E-state index in [2.05, 4.69) is 10.00 Å². The smallest absolute Gasteiger partial charge is 0.257 e. The lowest BCUT2D eigenvalue weighted by atomic mass is 10.0. The van der Waals surface area contributed by atoms with Gasteiger partial charge in [-0.2, -0.15) is 5.10 Å². The van der Waals surface area contributed by atoms with Gasteiger partial charge in [0.1, 0.15) is 6.10 Å². The zero-order valence-electron chi connectivity index (χ0n) is 15.2. The van der Waals surface area contributed by atoms with Crippen LogP contribution in [0.4, 0.5) is 0 Å². The maximum atomic E-state index is 12.9. The molecule has 2 N–H and O–H groups in total. The number of aliphatic hydroxyl groups excluding tert-OH is 2. The highest BCUT2D eigenvalue weighted by Gasteiger charge is 2.37. The Balaban J connectivity index is 1.64. The molecule has 0 aliphatic carbocycles. The van der Waals surface area contributed by atoms with Crippen LogP contribution in [0.3, 0.4) is 0 Å². The summed E-state index contributed by atoms with van der Waals surface area (Å²) >= 11 is 0. The average Bonchev–Trinajstić information content (AvgIpc) is 2.90. The molecular formula is C17H28N4O4. The van der Waals surface area contributed by atoms with Crippen LogP contribution in [0.2, 0.25) is 0 Å². The van der Waals surface area contributed by atoms with Crippen molar-refractivity contribution in [2.75, 3.05) is 39.4 Å². The number of carbonyl (C=O) groups excluding carboxylic acids is 1. The number of aromatic nitrogens is 2. The predicted molar refractivity (Wildman–Crippen MR) is 91.5 cm³/mol. The van der Waals surface area contributed by atoms with Gasteiger partial charge in [0.05, 0.1) is 36.6 Å². The Hall–Kier alpha value is -1.48. The van der Waals surface area contributed by atoms with Crippen LogP contribution in [0.15, 0.2) is 0 Å². The minimum Gasteiger partial charge on any atom is -0.389 e. The molecule has 140 valence electrons. The number of hydrogen-bond donors (Lipinski definition) is 2. The highest BCUT2D eigenvalue weighted by Crippen LogP contribution is 2.20. The molecule has 1 aromatic heterocycles. The van der Waals surface area contributed by atoms with Gasteiger partial charge in [0.15, 0.2) is 0 Å². The van der Waals surface area contributed by atoms with Crippen LogP contribution < -0.4 is 0 Å². The average molecular weight is 352 g/mol. The molecule has 1 aromatic rings. The second-order valence-electron chi connectivity index (χ2n) is 6.85. The molecule has 0 bridgehead atoms. The summed E-state index contributed by atoms with van der Waals surface area (Å²) in [6.45, 7) is 9.65. The predicted octanol–water partition coefficient (Wildman–Crippen LogP) is -0.602. The van der Waals surface area contributed by atoms with E-state index in [-0.39, 0.29) is 18.6 Å². The van der Waals surface area contributed by atoms with Gasteiger partial charge in [0.25, 0.3) is 5.91 Å².